The molecule has 0 bridgehead atoms. The van der Waals surface area contributed by atoms with E-state index in [2.05, 4.69) is 20.7 Å². The monoisotopic (exact) mass is 383 g/mol. The Labute approximate surface area is 154 Å². The molecule has 2 heterocycles. The van der Waals surface area contributed by atoms with Crippen molar-refractivity contribution >= 4 is 11.8 Å². The molecule has 27 heavy (non-hydrogen) atoms. The van der Waals surface area contributed by atoms with Gasteiger partial charge in [-0.1, -0.05) is 6.07 Å². The van der Waals surface area contributed by atoms with Crippen LogP contribution in [0.25, 0.3) is 0 Å². The Morgan fingerprint density at radius 1 is 1.07 bits per heavy atom. The van der Waals surface area contributed by atoms with Gasteiger partial charge in [0.15, 0.2) is 0 Å². The summed E-state index contributed by atoms with van der Waals surface area (Å²) in [4.78, 5) is 27.5. The first kappa shape index (κ1) is 20.4. The van der Waals surface area contributed by atoms with Crippen molar-refractivity contribution in [1.82, 2.24) is 25.4 Å². The normalized spacial score (nSPS) is 13.7. The molecule has 2 atom stereocenters. The maximum Gasteiger partial charge on any atom is 0.433 e. The largest absolute Gasteiger partial charge is 0.433 e. The highest BCUT2D eigenvalue weighted by molar-refractivity contribution is 6.35. The zero-order chi connectivity index (χ0) is 20.4. The number of carbonyl (C=O) groups is 2. The molecule has 7 nitrogen and oxygen atoms in total. The summed E-state index contributed by atoms with van der Waals surface area (Å²) in [5.41, 5.74) is 0.953. The molecule has 2 aromatic heterocycles. The van der Waals surface area contributed by atoms with Crippen LogP contribution in [0.15, 0.2) is 24.5 Å². The van der Waals surface area contributed by atoms with Crippen molar-refractivity contribution in [1.29, 1.82) is 0 Å². The molecular formula is C17H20F3N5O2. The molecule has 0 aliphatic heterocycles. The van der Waals surface area contributed by atoms with Gasteiger partial charge in [0.05, 0.1) is 18.3 Å². The van der Waals surface area contributed by atoms with E-state index in [1.807, 2.05) is 6.92 Å². The van der Waals surface area contributed by atoms with E-state index in [-0.39, 0.29) is 0 Å². The lowest BCUT2D eigenvalue weighted by molar-refractivity contribution is -0.141. The highest BCUT2D eigenvalue weighted by atomic mass is 19.4. The van der Waals surface area contributed by atoms with Gasteiger partial charge in [0.25, 0.3) is 0 Å². The van der Waals surface area contributed by atoms with Crippen LogP contribution in [-0.2, 0) is 22.8 Å². The minimum absolute atomic E-state index is 0.348. The van der Waals surface area contributed by atoms with Crippen molar-refractivity contribution in [3.63, 3.8) is 0 Å². The van der Waals surface area contributed by atoms with Crippen molar-refractivity contribution in [2.24, 2.45) is 7.05 Å². The number of rotatable bonds is 4. The third-order valence-electron chi connectivity index (χ3n) is 4.22. The second kappa shape index (κ2) is 7.77. The van der Waals surface area contributed by atoms with Crippen molar-refractivity contribution in [2.75, 3.05) is 0 Å². The van der Waals surface area contributed by atoms with Gasteiger partial charge in [0, 0.05) is 24.5 Å². The fourth-order valence-electron chi connectivity index (χ4n) is 2.46. The lowest BCUT2D eigenvalue weighted by Gasteiger charge is -2.17. The first-order valence-corrected chi connectivity index (χ1v) is 8.13. The average Bonchev–Trinajstić information content (AvgIpc) is 2.93. The van der Waals surface area contributed by atoms with Crippen LogP contribution >= 0.6 is 0 Å². The number of aromatic nitrogens is 3. The van der Waals surface area contributed by atoms with Crippen LogP contribution in [-0.4, -0.2) is 26.6 Å². The molecule has 1 unspecified atom stereocenters. The minimum atomic E-state index is -4.54. The van der Waals surface area contributed by atoms with Crippen LogP contribution in [0.2, 0.25) is 0 Å². The number of nitrogens with one attached hydrogen (secondary N) is 2. The molecule has 0 saturated heterocycles. The van der Waals surface area contributed by atoms with Gasteiger partial charge >= 0.3 is 18.0 Å². The van der Waals surface area contributed by atoms with Gasteiger partial charge in [0.1, 0.15) is 5.69 Å². The van der Waals surface area contributed by atoms with Gasteiger partial charge < -0.3 is 10.6 Å². The Hall–Kier alpha value is -2.91. The highest BCUT2D eigenvalue weighted by Gasteiger charge is 2.32. The summed E-state index contributed by atoms with van der Waals surface area (Å²) < 4.78 is 39.3. The number of nitrogens with zero attached hydrogens (tertiary/aromatic N) is 3. The zero-order valence-corrected chi connectivity index (χ0v) is 15.3. The van der Waals surface area contributed by atoms with Gasteiger partial charge in [-0.3, -0.25) is 19.3 Å². The second-order valence-electron chi connectivity index (χ2n) is 6.17. The maximum absolute atomic E-state index is 12.5. The average molecular weight is 383 g/mol. The van der Waals surface area contributed by atoms with E-state index >= 15 is 0 Å². The number of aryl methyl sites for hydroxylation is 1. The Morgan fingerprint density at radius 3 is 2.11 bits per heavy atom. The SMILES string of the molecule is Cc1c(C(C)NC(=O)C(=O)N[C@@H](C)c2ccc(C(F)(F)F)nc2)cnn1C. The summed E-state index contributed by atoms with van der Waals surface area (Å²) in [5.74, 6) is -1.74. The van der Waals surface area contributed by atoms with E-state index in [0.717, 1.165) is 23.5 Å². The Kier molecular flexibility index (Phi) is 5.87. The molecule has 2 rings (SSSR count). The fraction of sp³-hybridized carbons (Fsp3) is 0.412. The predicted molar refractivity (Wildman–Crippen MR) is 90.3 cm³/mol. The Balaban J connectivity index is 1.97. The molecule has 0 spiro atoms. The molecular weight excluding hydrogens is 363 g/mol. The van der Waals surface area contributed by atoms with Crippen LogP contribution in [0.3, 0.4) is 0 Å². The molecule has 2 amide bonds. The summed E-state index contributed by atoms with van der Waals surface area (Å²) in [5, 5.41) is 9.08. The van der Waals surface area contributed by atoms with Gasteiger partial charge in [0.2, 0.25) is 0 Å². The fourth-order valence-corrected chi connectivity index (χ4v) is 2.46. The molecule has 0 radical (unpaired) electrons. The molecule has 2 N–H and O–H groups in total. The standard InChI is InChI=1S/C17H20F3N5O2/c1-9(12-5-6-14(21-7-12)17(18,19)20)23-15(26)16(27)24-10(2)13-8-22-25(4)11(13)3/h5-10H,1-4H3,(H,23,26)(H,24,27)/t9-,10?/m0/s1. The number of alkyl halides is 3. The molecule has 0 saturated carbocycles. The van der Waals surface area contributed by atoms with E-state index in [1.54, 1.807) is 31.8 Å². The van der Waals surface area contributed by atoms with Crippen LogP contribution in [0.4, 0.5) is 13.2 Å². The predicted octanol–water partition coefficient (Wildman–Crippen LogP) is 2.20. The molecule has 2 aromatic rings. The zero-order valence-electron chi connectivity index (χ0n) is 15.3. The van der Waals surface area contributed by atoms with Gasteiger partial charge in [-0.15, -0.1) is 0 Å². The number of hydrogen-bond acceptors (Lipinski definition) is 4. The van der Waals surface area contributed by atoms with Crippen LogP contribution in [0.5, 0.6) is 0 Å². The van der Waals surface area contributed by atoms with Gasteiger partial charge in [-0.05, 0) is 32.4 Å². The number of amides is 2. The van der Waals surface area contributed by atoms with Crippen LogP contribution < -0.4 is 10.6 Å². The number of hydrogen-bond donors (Lipinski definition) is 2. The molecule has 0 aliphatic rings. The molecule has 146 valence electrons. The number of halogens is 3. The van der Waals surface area contributed by atoms with E-state index in [4.69, 9.17) is 0 Å². The van der Waals surface area contributed by atoms with E-state index in [9.17, 15) is 22.8 Å². The van der Waals surface area contributed by atoms with Crippen LogP contribution in [0, 0.1) is 6.92 Å². The first-order chi connectivity index (χ1) is 12.5. The summed E-state index contributed by atoms with van der Waals surface area (Å²) in [7, 11) is 1.76. The van der Waals surface area contributed by atoms with Crippen molar-refractivity contribution in [3.8, 4) is 0 Å². The third-order valence-corrected chi connectivity index (χ3v) is 4.22. The van der Waals surface area contributed by atoms with Crippen LogP contribution in [0.1, 0.15) is 48.4 Å². The minimum Gasteiger partial charge on any atom is -0.341 e. The summed E-state index contributed by atoms with van der Waals surface area (Å²) in [6.45, 7) is 5.10. The van der Waals surface area contributed by atoms with E-state index in [0.29, 0.717) is 5.56 Å². The summed E-state index contributed by atoms with van der Waals surface area (Å²) in [6.07, 6.45) is -1.91. The van der Waals surface area contributed by atoms with E-state index < -0.39 is 35.8 Å². The molecule has 10 heteroatoms. The smallest absolute Gasteiger partial charge is 0.341 e. The number of pyridine rings is 1. The number of carbonyl (C=O) groups excluding carboxylic acids is 2. The maximum atomic E-state index is 12.5. The first-order valence-electron chi connectivity index (χ1n) is 8.13. The van der Waals surface area contributed by atoms with Crippen molar-refractivity contribution < 1.29 is 22.8 Å². The summed E-state index contributed by atoms with van der Waals surface area (Å²) >= 11 is 0. The lowest BCUT2D eigenvalue weighted by Crippen LogP contribution is -2.41. The van der Waals surface area contributed by atoms with Gasteiger partial charge in [-0.25, -0.2) is 0 Å². The molecule has 0 aromatic carbocycles. The molecule has 0 fully saturated rings. The van der Waals surface area contributed by atoms with E-state index in [1.165, 1.54) is 6.07 Å². The third kappa shape index (κ3) is 4.83. The van der Waals surface area contributed by atoms with Crippen molar-refractivity contribution in [2.45, 2.75) is 39.0 Å². The quantitative estimate of drug-likeness (QED) is 0.793. The second-order valence-corrected chi connectivity index (χ2v) is 6.17. The molecule has 0 aliphatic carbocycles. The summed E-state index contributed by atoms with van der Waals surface area (Å²) in [6, 6.07) is 0.916. The topological polar surface area (TPSA) is 88.9 Å². The highest BCUT2D eigenvalue weighted by Crippen LogP contribution is 2.27. The Morgan fingerprint density at radius 2 is 1.67 bits per heavy atom. The Bertz CT molecular complexity index is 830. The van der Waals surface area contributed by atoms with Crippen molar-refractivity contribution in [3.05, 3.63) is 47.0 Å². The lowest BCUT2D eigenvalue weighted by atomic mass is 10.1. The van der Waals surface area contributed by atoms with Gasteiger partial charge in [-0.2, -0.15) is 18.3 Å².